The van der Waals surface area contributed by atoms with Gasteiger partial charge in [0.15, 0.2) is 0 Å². The predicted molar refractivity (Wildman–Crippen MR) is 291 cm³/mol. The van der Waals surface area contributed by atoms with Crippen LogP contribution in [0.5, 0.6) is 0 Å². The normalized spacial score (nSPS) is 13.8. The summed E-state index contributed by atoms with van der Waals surface area (Å²) < 4.78 is 5.91. The number of hydrogen-bond acceptors (Lipinski definition) is 5. The second-order valence-electron chi connectivity index (χ2n) is 19.0. The fourth-order valence-electron chi connectivity index (χ4n) is 8.19. The largest absolute Gasteiger partial charge is 0.462 e. The molecule has 0 rings (SSSR count). The van der Waals surface area contributed by atoms with Crippen molar-refractivity contribution in [2.45, 2.75) is 283 Å². The molecule has 0 radical (unpaired) electrons. The summed E-state index contributed by atoms with van der Waals surface area (Å²) in [5.74, 6) is -0.574. The molecule has 386 valence electrons. The minimum absolute atomic E-state index is 0.0298. The second-order valence-corrected chi connectivity index (χ2v) is 19.0. The molecule has 0 aromatic carbocycles. The highest BCUT2D eigenvalue weighted by Gasteiger charge is 2.24. The van der Waals surface area contributed by atoms with Crippen LogP contribution in [-0.4, -0.2) is 46.9 Å². The van der Waals surface area contributed by atoms with Crippen molar-refractivity contribution < 1.29 is 24.5 Å². The lowest BCUT2D eigenvalue weighted by Gasteiger charge is -2.24. The third-order valence-corrected chi connectivity index (χ3v) is 12.5. The molecular formula is C61H107NO5. The Morgan fingerprint density at radius 1 is 0.448 bits per heavy atom. The molecule has 0 saturated carbocycles. The van der Waals surface area contributed by atoms with Gasteiger partial charge in [-0.3, -0.25) is 9.59 Å². The number of esters is 1. The average molecular weight is 935 g/mol. The highest BCUT2D eigenvalue weighted by atomic mass is 16.5. The van der Waals surface area contributed by atoms with E-state index in [0.29, 0.717) is 25.7 Å². The minimum atomic E-state index is -0.811. The molecule has 0 aromatic rings. The van der Waals surface area contributed by atoms with E-state index in [1.54, 1.807) is 0 Å². The van der Waals surface area contributed by atoms with E-state index >= 15 is 0 Å². The van der Waals surface area contributed by atoms with E-state index in [1.807, 2.05) is 0 Å². The maximum atomic E-state index is 13.3. The Bertz CT molecular complexity index is 1280. The Balaban J connectivity index is 4.73. The maximum absolute atomic E-state index is 13.3. The molecule has 3 N–H and O–H groups in total. The van der Waals surface area contributed by atoms with Gasteiger partial charge in [0.05, 0.1) is 25.2 Å². The van der Waals surface area contributed by atoms with E-state index in [1.165, 1.54) is 135 Å². The number of rotatable bonds is 50. The summed E-state index contributed by atoms with van der Waals surface area (Å²) in [6.45, 7) is 6.43. The highest BCUT2D eigenvalue weighted by molar-refractivity contribution is 5.77. The standard InChI is InChI=1S/C61H107NO5/c1-4-7-10-13-16-19-22-25-28-30-33-36-39-42-45-48-51-54-61(66)67-57(52-49-46-43-40-37-34-32-29-26-23-20-17-14-11-8-5-2)55-60(65)62-58(56-63)59(64)53-50-47-44-41-38-35-31-27-24-21-18-15-12-9-6-3/h16,19,23,25-26,28-29,32-34,36-37,42,45,57-59,63-64H,4-15,17-18,20-22,24,27,30-31,35,38-41,43-44,46-56H2,1-3H3,(H,62,65)/b19-16-,26-23+,28-25-,32-29+,36-33-,37-34+,45-42-. The molecule has 67 heavy (non-hydrogen) atoms. The Morgan fingerprint density at radius 3 is 1.31 bits per heavy atom. The third kappa shape index (κ3) is 49.3. The number of amides is 1. The highest BCUT2D eigenvalue weighted by Crippen LogP contribution is 2.17. The lowest BCUT2D eigenvalue weighted by atomic mass is 10.0. The number of allylic oxidation sites excluding steroid dienone is 14. The molecule has 0 aromatic heterocycles. The molecule has 6 heteroatoms. The molecule has 1 amide bonds. The zero-order chi connectivity index (χ0) is 48.8. The summed E-state index contributed by atoms with van der Waals surface area (Å²) in [4.78, 5) is 26.2. The Kier molecular flexibility index (Phi) is 51.6. The third-order valence-electron chi connectivity index (χ3n) is 12.5. The van der Waals surface area contributed by atoms with Crippen LogP contribution in [0.2, 0.25) is 0 Å². The molecule has 0 saturated heterocycles. The first-order valence-corrected chi connectivity index (χ1v) is 28.3. The molecule has 0 heterocycles. The van der Waals surface area contributed by atoms with Crippen molar-refractivity contribution in [3.8, 4) is 0 Å². The first kappa shape index (κ1) is 64.0. The van der Waals surface area contributed by atoms with Gasteiger partial charge in [-0.05, 0) is 89.9 Å². The number of hydrogen-bond donors (Lipinski definition) is 3. The molecular weight excluding hydrogens is 827 g/mol. The summed E-state index contributed by atoms with van der Waals surface area (Å²) in [5.41, 5.74) is 0. The SMILES string of the molecule is CCCCC/C=C\C/C=C\C/C=C\C/C=C\CCCC(=O)OC(CCCCC/C=C/C=C/C=C/CCCCCCC)CC(=O)NC(CO)C(O)CCCCCCCCCCCCCCCCC. The van der Waals surface area contributed by atoms with E-state index in [0.717, 1.165) is 77.0 Å². The van der Waals surface area contributed by atoms with Crippen LogP contribution in [0, 0.1) is 0 Å². The fraction of sp³-hybridized carbons (Fsp3) is 0.738. The zero-order valence-corrected chi connectivity index (χ0v) is 44.0. The topological polar surface area (TPSA) is 95.9 Å². The zero-order valence-electron chi connectivity index (χ0n) is 44.0. The van der Waals surface area contributed by atoms with Gasteiger partial charge < -0.3 is 20.3 Å². The Morgan fingerprint density at radius 2 is 0.821 bits per heavy atom. The van der Waals surface area contributed by atoms with Crippen LogP contribution in [0.1, 0.15) is 265 Å². The lowest BCUT2D eigenvalue weighted by Crippen LogP contribution is -2.46. The van der Waals surface area contributed by atoms with Crippen molar-refractivity contribution in [3.05, 3.63) is 85.1 Å². The van der Waals surface area contributed by atoms with Crippen molar-refractivity contribution in [2.75, 3.05) is 6.61 Å². The van der Waals surface area contributed by atoms with Crippen molar-refractivity contribution in [2.24, 2.45) is 0 Å². The monoisotopic (exact) mass is 934 g/mol. The van der Waals surface area contributed by atoms with E-state index in [2.05, 4.69) is 111 Å². The summed E-state index contributed by atoms with van der Waals surface area (Å²) in [6, 6.07) is -0.729. The van der Waals surface area contributed by atoms with Gasteiger partial charge >= 0.3 is 5.97 Å². The van der Waals surface area contributed by atoms with Gasteiger partial charge in [0.2, 0.25) is 5.91 Å². The number of aliphatic hydroxyl groups is 2. The van der Waals surface area contributed by atoms with E-state index < -0.39 is 18.2 Å². The van der Waals surface area contributed by atoms with Crippen LogP contribution in [-0.2, 0) is 14.3 Å². The van der Waals surface area contributed by atoms with Crippen LogP contribution in [0.3, 0.4) is 0 Å². The van der Waals surface area contributed by atoms with Crippen LogP contribution in [0.4, 0.5) is 0 Å². The first-order chi connectivity index (χ1) is 33.0. The summed E-state index contributed by atoms with van der Waals surface area (Å²) in [6.07, 6.45) is 70.7. The van der Waals surface area contributed by atoms with Gasteiger partial charge in [-0.15, -0.1) is 0 Å². The van der Waals surface area contributed by atoms with E-state index in [4.69, 9.17) is 4.74 Å². The number of nitrogens with one attached hydrogen (secondary N) is 1. The van der Waals surface area contributed by atoms with Gasteiger partial charge in [0, 0.05) is 6.42 Å². The Labute approximate surface area is 414 Å². The smallest absolute Gasteiger partial charge is 0.306 e. The molecule has 0 bridgehead atoms. The lowest BCUT2D eigenvalue weighted by molar-refractivity contribution is -0.151. The Hall–Kier alpha value is -2.96. The summed E-state index contributed by atoms with van der Waals surface area (Å²) in [7, 11) is 0. The molecule has 3 unspecified atom stereocenters. The maximum Gasteiger partial charge on any atom is 0.306 e. The van der Waals surface area contributed by atoms with Crippen molar-refractivity contribution in [1.29, 1.82) is 0 Å². The van der Waals surface area contributed by atoms with Gasteiger partial charge in [-0.1, -0.05) is 247 Å². The number of aliphatic hydroxyl groups excluding tert-OH is 2. The summed E-state index contributed by atoms with van der Waals surface area (Å²) >= 11 is 0. The van der Waals surface area contributed by atoms with E-state index in [9.17, 15) is 19.8 Å². The van der Waals surface area contributed by atoms with Crippen molar-refractivity contribution >= 4 is 11.9 Å². The van der Waals surface area contributed by atoms with Gasteiger partial charge in [0.1, 0.15) is 6.10 Å². The second kappa shape index (κ2) is 54.0. The van der Waals surface area contributed by atoms with Crippen LogP contribution in [0.15, 0.2) is 85.1 Å². The van der Waals surface area contributed by atoms with Crippen LogP contribution in [0.25, 0.3) is 0 Å². The average Bonchev–Trinajstić information content (AvgIpc) is 3.32. The van der Waals surface area contributed by atoms with Gasteiger partial charge in [-0.2, -0.15) is 0 Å². The minimum Gasteiger partial charge on any atom is -0.462 e. The number of ether oxygens (including phenoxy) is 1. The summed E-state index contributed by atoms with van der Waals surface area (Å²) in [5, 5.41) is 23.8. The van der Waals surface area contributed by atoms with Crippen LogP contribution < -0.4 is 5.32 Å². The van der Waals surface area contributed by atoms with Crippen molar-refractivity contribution in [3.63, 3.8) is 0 Å². The molecule has 0 aliphatic heterocycles. The van der Waals surface area contributed by atoms with Gasteiger partial charge in [0.25, 0.3) is 0 Å². The number of unbranched alkanes of at least 4 members (excludes halogenated alkanes) is 26. The van der Waals surface area contributed by atoms with E-state index in [-0.39, 0.29) is 24.9 Å². The number of carbonyl (C=O) groups is 2. The van der Waals surface area contributed by atoms with Gasteiger partial charge in [-0.25, -0.2) is 0 Å². The molecule has 3 atom stereocenters. The molecule has 0 aliphatic rings. The molecule has 0 spiro atoms. The predicted octanol–water partition coefficient (Wildman–Crippen LogP) is 17.5. The van der Waals surface area contributed by atoms with Crippen molar-refractivity contribution in [1.82, 2.24) is 5.32 Å². The molecule has 6 nitrogen and oxygen atoms in total. The molecule has 0 aliphatic carbocycles. The first-order valence-electron chi connectivity index (χ1n) is 28.3. The fourth-order valence-corrected chi connectivity index (χ4v) is 8.19. The quantitative estimate of drug-likeness (QED) is 0.0244. The van der Waals surface area contributed by atoms with Crippen LogP contribution >= 0.6 is 0 Å². The number of carbonyl (C=O) groups excluding carboxylic acids is 2. The molecule has 0 fully saturated rings.